The summed E-state index contributed by atoms with van der Waals surface area (Å²) in [5.74, 6) is 2.43. The highest BCUT2D eigenvalue weighted by Gasteiger charge is 2.20. The lowest BCUT2D eigenvalue weighted by Crippen LogP contribution is -2.19. The van der Waals surface area contributed by atoms with Crippen LogP contribution in [0.2, 0.25) is 0 Å². The van der Waals surface area contributed by atoms with Crippen molar-refractivity contribution in [2.24, 2.45) is 0 Å². The number of ether oxygens (including phenoxy) is 3. The van der Waals surface area contributed by atoms with Crippen LogP contribution in [-0.4, -0.2) is 33.4 Å². The lowest BCUT2D eigenvalue weighted by atomic mass is 10.1. The third kappa shape index (κ3) is 3.53. The van der Waals surface area contributed by atoms with E-state index in [-0.39, 0.29) is 0 Å². The minimum absolute atomic E-state index is 0.590. The van der Waals surface area contributed by atoms with Crippen LogP contribution in [0.5, 0.6) is 17.2 Å². The van der Waals surface area contributed by atoms with Crippen molar-refractivity contribution in [1.29, 1.82) is 0 Å². The fraction of sp³-hybridized carbons (Fsp3) is 0.600. The Bertz CT molecular complexity index is 407. The Morgan fingerprint density at radius 1 is 1.26 bits per heavy atom. The largest absolute Gasteiger partial charge is 0.488 e. The lowest BCUT2D eigenvalue weighted by molar-refractivity contribution is 0.161. The third-order valence-corrected chi connectivity index (χ3v) is 3.14. The molecule has 2 rings (SSSR count). The first-order valence-electron chi connectivity index (χ1n) is 7.05. The van der Waals surface area contributed by atoms with Gasteiger partial charge in [0.25, 0.3) is 0 Å². The van der Waals surface area contributed by atoms with Crippen molar-refractivity contribution < 1.29 is 14.2 Å². The molecule has 0 radical (unpaired) electrons. The van der Waals surface area contributed by atoms with Crippen LogP contribution in [0.1, 0.15) is 25.3 Å². The molecule has 0 saturated carbocycles. The summed E-state index contributed by atoms with van der Waals surface area (Å²) in [5, 5.41) is 3.08. The minimum atomic E-state index is 0.590. The summed E-state index contributed by atoms with van der Waals surface area (Å²) in [6.07, 6.45) is 3.34. The molecular weight excluding hydrogens is 242 g/mol. The van der Waals surface area contributed by atoms with Gasteiger partial charge < -0.3 is 19.5 Å². The molecule has 0 aliphatic carbocycles. The van der Waals surface area contributed by atoms with Crippen molar-refractivity contribution in [1.82, 2.24) is 5.32 Å². The molecule has 1 aromatic rings. The Kier molecular flexibility index (Phi) is 5.33. The van der Waals surface area contributed by atoms with Crippen molar-refractivity contribution in [3.05, 3.63) is 17.7 Å². The number of hydrogen-bond donors (Lipinski definition) is 1. The van der Waals surface area contributed by atoms with Gasteiger partial charge in [-0.05, 0) is 31.5 Å². The fourth-order valence-corrected chi connectivity index (χ4v) is 2.11. The van der Waals surface area contributed by atoms with Gasteiger partial charge in [-0.2, -0.15) is 0 Å². The monoisotopic (exact) mass is 265 g/mol. The van der Waals surface area contributed by atoms with Crippen LogP contribution in [0.3, 0.4) is 0 Å². The summed E-state index contributed by atoms with van der Waals surface area (Å²) >= 11 is 0. The van der Waals surface area contributed by atoms with E-state index >= 15 is 0 Å². The van der Waals surface area contributed by atoms with Crippen LogP contribution in [0.25, 0.3) is 0 Å². The predicted molar refractivity (Wildman–Crippen MR) is 75.5 cm³/mol. The first kappa shape index (κ1) is 14.0. The Hall–Kier alpha value is -1.42. The molecule has 0 aromatic heterocycles. The highest BCUT2D eigenvalue weighted by molar-refractivity contribution is 5.56. The van der Waals surface area contributed by atoms with Crippen LogP contribution in [0.4, 0.5) is 0 Å². The SMILES string of the molecule is CCCCc1ccc2c(c1OCCNC)OCCO2. The van der Waals surface area contributed by atoms with E-state index in [0.717, 1.165) is 36.6 Å². The second-order valence-corrected chi connectivity index (χ2v) is 4.63. The molecule has 4 nitrogen and oxygen atoms in total. The van der Waals surface area contributed by atoms with Gasteiger partial charge in [0, 0.05) is 6.54 Å². The van der Waals surface area contributed by atoms with Crippen molar-refractivity contribution in [2.45, 2.75) is 26.2 Å². The van der Waals surface area contributed by atoms with Crippen molar-refractivity contribution in [2.75, 3.05) is 33.4 Å². The third-order valence-electron chi connectivity index (χ3n) is 3.14. The highest BCUT2D eigenvalue weighted by Crippen LogP contribution is 2.42. The van der Waals surface area contributed by atoms with Crippen LogP contribution in [0, 0.1) is 0 Å². The topological polar surface area (TPSA) is 39.7 Å². The second-order valence-electron chi connectivity index (χ2n) is 4.63. The number of rotatable bonds is 7. The summed E-state index contributed by atoms with van der Waals surface area (Å²) in [7, 11) is 1.92. The number of unbranched alkanes of at least 4 members (excludes halogenated alkanes) is 1. The normalized spacial score (nSPS) is 13.4. The molecular formula is C15H23NO3. The molecule has 106 valence electrons. The number of hydrogen-bond acceptors (Lipinski definition) is 4. The Morgan fingerprint density at radius 2 is 2.11 bits per heavy atom. The Morgan fingerprint density at radius 3 is 2.89 bits per heavy atom. The molecule has 1 aliphatic rings. The summed E-state index contributed by atoms with van der Waals surface area (Å²) in [5.41, 5.74) is 1.21. The van der Waals surface area contributed by atoms with E-state index in [9.17, 15) is 0 Å². The summed E-state index contributed by atoms with van der Waals surface area (Å²) < 4.78 is 17.3. The first-order chi connectivity index (χ1) is 9.36. The molecule has 1 heterocycles. The van der Waals surface area contributed by atoms with Crippen LogP contribution >= 0.6 is 0 Å². The summed E-state index contributed by atoms with van der Waals surface area (Å²) in [4.78, 5) is 0. The average Bonchev–Trinajstić information content (AvgIpc) is 2.46. The molecule has 1 N–H and O–H groups in total. The van der Waals surface area contributed by atoms with Gasteiger partial charge >= 0.3 is 0 Å². The molecule has 4 heteroatoms. The Labute approximate surface area is 115 Å². The van der Waals surface area contributed by atoms with Gasteiger partial charge in [-0.1, -0.05) is 19.4 Å². The molecule has 19 heavy (non-hydrogen) atoms. The zero-order chi connectivity index (χ0) is 13.5. The zero-order valence-electron chi connectivity index (χ0n) is 11.8. The van der Waals surface area contributed by atoms with Crippen LogP contribution in [0.15, 0.2) is 12.1 Å². The predicted octanol–water partition coefficient (Wildman–Crippen LogP) is 2.40. The number of fused-ring (bicyclic) bond motifs is 1. The number of nitrogens with one attached hydrogen (secondary N) is 1. The molecule has 0 unspecified atom stereocenters. The fourth-order valence-electron chi connectivity index (χ4n) is 2.11. The van der Waals surface area contributed by atoms with Gasteiger partial charge in [0.1, 0.15) is 19.8 Å². The van der Waals surface area contributed by atoms with Crippen molar-refractivity contribution in [3.8, 4) is 17.2 Å². The molecule has 0 amide bonds. The molecule has 0 saturated heterocycles. The molecule has 0 bridgehead atoms. The van der Waals surface area contributed by atoms with Gasteiger partial charge in [-0.3, -0.25) is 0 Å². The molecule has 0 atom stereocenters. The summed E-state index contributed by atoms with van der Waals surface area (Å²) in [6.45, 7) is 4.84. The van der Waals surface area contributed by atoms with E-state index in [1.54, 1.807) is 0 Å². The van der Waals surface area contributed by atoms with Crippen molar-refractivity contribution >= 4 is 0 Å². The lowest BCUT2D eigenvalue weighted by Gasteiger charge is -2.23. The van der Waals surface area contributed by atoms with Gasteiger partial charge in [0.2, 0.25) is 5.75 Å². The first-order valence-corrected chi connectivity index (χ1v) is 7.05. The van der Waals surface area contributed by atoms with E-state index in [0.29, 0.717) is 19.8 Å². The summed E-state index contributed by atoms with van der Waals surface area (Å²) in [6, 6.07) is 4.09. The van der Waals surface area contributed by atoms with Crippen LogP contribution < -0.4 is 19.5 Å². The van der Waals surface area contributed by atoms with Crippen LogP contribution in [-0.2, 0) is 6.42 Å². The van der Waals surface area contributed by atoms with Gasteiger partial charge in [0.15, 0.2) is 11.5 Å². The smallest absolute Gasteiger partial charge is 0.203 e. The zero-order valence-corrected chi connectivity index (χ0v) is 11.8. The molecule has 1 aliphatic heterocycles. The van der Waals surface area contributed by atoms with E-state index < -0.39 is 0 Å². The number of likely N-dealkylation sites (N-methyl/N-ethyl adjacent to an activating group) is 1. The van der Waals surface area contributed by atoms with E-state index in [4.69, 9.17) is 14.2 Å². The van der Waals surface area contributed by atoms with Gasteiger partial charge in [-0.25, -0.2) is 0 Å². The van der Waals surface area contributed by atoms with E-state index in [1.165, 1.54) is 12.0 Å². The van der Waals surface area contributed by atoms with Crippen molar-refractivity contribution in [3.63, 3.8) is 0 Å². The molecule has 1 aromatic carbocycles. The number of benzene rings is 1. The second kappa shape index (κ2) is 7.24. The molecule has 0 fully saturated rings. The maximum atomic E-state index is 5.91. The van der Waals surface area contributed by atoms with Gasteiger partial charge in [-0.15, -0.1) is 0 Å². The number of aryl methyl sites for hydroxylation is 1. The maximum Gasteiger partial charge on any atom is 0.203 e. The standard InChI is InChI=1S/C15H23NO3/c1-3-4-5-12-6-7-13-15(19-11-10-17-13)14(12)18-9-8-16-2/h6-7,16H,3-5,8-11H2,1-2H3. The van der Waals surface area contributed by atoms with Gasteiger partial charge in [0.05, 0.1) is 0 Å². The Balaban J connectivity index is 2.21. The van der Waals surface area contributed by atoms with E-state index in [2.05, 4.69) is 18.3 Å². The molecule has 0 spiro atoms. The highest BCUT2D eigenvalue weighted by atomic mass is 16.6. The average molecular weight is 265 g/mol. The maximum absolute atomic E-state index is 5.91. The van der Waals surface area contributed by atoms with E-state index in [1.807, 2.05) is 13.1 Å². The quantitative estimate of drug-likeness (QED) is 0.768. The minimum Gasteiger partial charge on any atom is -0.488 e.